The summed E-state index contributed by atoms with van der Waals surface area (Å²) in [7, 11) is 1.33. The van der Waals surface area contributed by atoms with Crippen molar-refractivity contribution in [2.45, 2.75) is 6.04 Å². The van der Waals surface area contributed by atoms with E-state index in [1.165, 1.54) is 7.11 Å². The maximum Gasteiger partial charge on any atom is 0.328 e. The summed E-state index contributed by atoms with van der Waals surface area (Å²) < 4.78 is 4.68. The van der Waals surface area contributed by atoms with Crippen LogP contribution in [0.2, 0.25) is 0 Å². The maximum absolute atomic E-state index is 11.5. The van der Waals surface area contributed by atoms with Gasteiger partial charge in [0.15, 0.2) is 6.04 Å². The Balaban J connectivity index is 2.35. The molecule has 114 valence electrons. The van der Waals surface area contributed by atoms with Crippen molar-refractivity contribution in [3.05, 3.63) is 30.3 Å². The summed E-state index contributed by atoms with van der Waals surface area (Å²) in [6.07, 6.45) is 0. The van der Waals surface area contributed by atoms with Crippen LogP contribution in [0, 0.1) is 0 Å². The Morgan fingerprint density at radius 3 is 2.48 bits per heavy atom. The first-order valence-electron chi connectivity index (χ1n) is 6.14. The van der Waals surface area contributed by atoms with Crippen LogP contribution in [0.5, 0.6) is 0 Å². The average molecular weight is 295 g/mol. The lowest BCUT2D eigenvalue weighted by atomic mass is 10.3. The van der Waals surface area contributed by atoms with Crippen LogP contribution in [0.3, 0.4) is 0 Å². The number of benzene rings is 1. The highest BCUT2D eigenvalue weighted by atomic mass is 16.5. The van der Waals surface area contributed by atoms with Crippen molar-refractivity contribution >= 4 is 23.6 Å². The van der Waals surface area contributed by atoms with Gasteiger partial charge >= 0.3 is 12.0 Å². The number of urea groups is 1. The van der Waals surface area contributed by atoms with E-state index < -0.39 is 23.9 Å². The van der Waals surface area contributed by atoms with Crippen molar-refractivity contribution in [3.8, 4) is 0 Å². The first-order chi connectivity index (χ1) is 10.0. The van der Waals surface area contributed by atoms with Crippen LogP contribution in [-0.4, -0.2) is 49.3 Å². The fourth-order valence-electron chi connectivity index (χ4n) is 1.44. The summed E-state index contributed by atoms with van der Waals surface area (Å²) in [4.78, 5) is 33.8. The number of carbonyl (C=O) groups excluding carboxylic acids is 2. The molecule has 21 heavy (non-hydrogen) atoms. The summed E-state index contributed by atoms with van der Waals surface area (Å²) in [5, 5.41) is 15.9. The third kappa shape index (κ3) is 6.39. The van der Waals surface area contributed by atoms with E-state index in [2.05, 4.69) is 20.7 Å². The largest absolute Gasteiger partial charge is 0.480 e. The minimum Gasteiger partial charge on any atom is -0.480 e. The van der Waals surface area contributed by atoms with Gasteiger partial charge in [0.2, 0.25) is 5.91 Å². The number of ether oxygens (including phenoxy) is 1. The Morgan fingerprint density at radius 2 is 1.90 bits per heavy atom. The molecule has 0 fully saturated rings. The minimum atomic E-state index is -1.21. The second kappa shape index (κ2) is 8.54. The van der Waals surface area contributed by atoms with Crippen LogP contribution in [0.1, 0.15) is 0 Å². The van der Waals surface area contributed by atoms with E-state index in [4.69, 9.17) is 5.11 Å². The van der Waals surface area contributed by atoms with Gasteiger partial charge in [0.25, 0.3) is 0 Å². The molecule has 8 nitrogen and oxygen atoms in total. The van der Waals surface area contributed by atoms with Gasteiger partial charge in [0.1, 0.15) is 0 Å². The van der Waals surface area contributed by atoms with Gasteiger partial charge in [-0.3, -0.25) is 4.79 Å². The molecule has 0 heterocycles. The molecule has 0 bridgehead atoms. The zero-order valence-electron chi connectivity index (χ0n) is 11.5. The van der Waals surface area contributed by atoms with Crippen LogP contribution < -0.4 is 16.0 Å². The molecule has 0 saturated carbocycles. The Kier molecular flexibility index (Phi) is 6.69. The predicted octanol–water partition coefficient (Wildman–Crippen LogP) is 0.0239. The van der Waals surface area contributed by atoms with E-state index in [1.54, 1.807) is 30.3 Å². The number of hydrogen-bond acceptors (Lipinski definition) is 4. The number of carboxylic acid groups (broad SMARTS) is 1. The molecule has 0 aliphatic carbocycles. The number of amides is 3. The van der Waals surface area contributed by atoms with Crippen molar-refractivity contribution < 1.29 is 24.2 Å². The molecule has 0 aliphatic heterocycles. The van der Waals surface area contributed by atoms with Crippen molar-refractivity contribution in [2.24, 2.45) is 0 Å². The molecule has 3 amide bonds. The van der Waals surface area contributed by atoms with Gasteiger partial charge in [-0.2, -0.15) is 0 Å². The van der Waals surface area contributed by atoms with Crippen LogP contribution in [0.4, 0.5) is 10.5 Å². The fraction of sp³-hybridized carbons (Fsp3) is 0.308. The summed E-state index contributed by atoms with van der Waals surface area (Å²) in [5.41, 5.74) is 0.582. The lowest BCUT2D eigenvalue weighted by molar-refractivity contribution is -0.143. The highest BCUT2D eigenvalue weighted by Gasteiger charge is 2.19. The normalized spacial score (nSPS) is 11.3. The molecule has 1 rings (SSSR count). The Morgan fingerprint density at radius 1 is 1.24 bits per heavy atom. The number of para-hydroxylation sites is 1. The monoisotopic (exact) mass is 295 g/mol. The summed E-state index contributed by atoms with van der Waals surface area (Å²) in [6, 6.07) is 6.99. The molecule has 0 radical (unpaired) electrons. The topological polar surface area (TPSA) is 117 Å². The molecule has 1 aromatic carbocycles. The zero-order valence-corrected chi connectivity index (χ0v) is 11.5. The van der Waals surface area contributed by atoms with Crippen molar-refractivity contribution in [1.29, 1.82) is 0 Å². The van der Waals surface area contributed by atoms with E-state index in [0.29, 0.717) is 5.69 Å². The fourth-order valence-corrected chi connectivity index (χ4v) is 1.44. The molecule has 4 N–H and O–H groups in total. The number of aliphatic carboxylic acids is 1. The maximum atomic E-state index is 11.5. The predicted molar refractivity (Wildman–Crippen MR) is 74.9 cm³/mol. The number of carboxylic acids is 1. The van der Waals surface area contributed by atoms with Gasteiger partial charge in [-0.1, -0.05) is 18.2 Å². The Labute approximate surface area is 121 Å². The van der Waals surface area contributed by atoms with Crippen LogP contribution in [-0.2, 0) is 14.3 Å². The molecular formula is C13H17N3O5. The molecule has 0 saturated heterocycles. The molecule has 1 unspecified atom stereocenters. The third-order valence-electron chi connectivity index (χ3n) is 2.41. The Bertz CT molecular complexity index is 492. The summed E-state index contributed by atoms with van der Waals surface area (Å²) in [6.45, 7) is -0.497. The minimum absolute atomic E-state index is 0.155. The van der Waals surface area contributed by atoms with Crippen LogP contribution in [0.15, 0.2) is 30.3 Å². The molecule has 1 atom stereocenters. The first-order valence-corrected chi connectivity index (χ1v) is 6.14. The van der Waals surface area contributed by atoms with Crippen LogP contribution in [0.25, 0.3) is 0 Å². The van der Waals surface area contributed by atoms with E-state index in [-0.39, 0.29) is 13.2 Å². The van der Waals surface area contributed by atoms with Crippen molar-refractivity contribution in [1.82, 2.24) is 10.6 Å². The molecule has 8 heteroatoms. The van der Waals surface area contributed by atoms with Crippen molar-refractivity contribution in [2.75, 3.05) is 25.6 Å². The SMILES string of the molecule is COCC(NC(=O)CNC(=O)Nc1ccccc1)C(=O)O. The molecule has 1 aromatic rings. The highest BCUT2D eigenvalue weighted by molar-refractivity contribution is 5.93. The van der Waals surface area contributed by atoms with E-state index >= 15 is 0 Å². The van der Waals surface area contributed by atoms with Gasteiger partial charge in [-0.05, 0) is 12.1 Å². The number of hydrogen-bond donors (Lipinski definition) is 4. The number of rotatable bonds is 7. The van der Waals surface area contributed by atoms with E-state index in [1.807, 2.05) is 0 Å². The van der Waals surface area contributed by atoms with Gasteiger partial charge in [0.05, 0.1) is 13.2 Å². The lowest BCUT2D eigenvalue weighted by Crippen LogP contribution is -2.48. The molecule has 0 spiro atoms. The van der Waals surface area contributed by atoms with Crippen LogP contribution >= 0.6 is 0 Å². The number of carbonyl (C=O) groups is 3. The second-order valence-corrected chi connectivity index (χ2v) is 4.09. The highest BCUT2D eigenvalue weighted by Crippen LogP contribution is 2.03. The van der Waals surface area contributed by atoms with Crippen molar-refractivity contribution in [3.63, 3.8) is 0 Å². The van der Waals surface area contributed by atoms with Gasteiger partial charge in [-0.25, -0.2) is 9.59 Å². The standard InChI is InChI=1S/C13H17N3O5/c1-21-8-10(12(18)19)16-11(17)7-14-13(20)15-9-5-3-2-4-6-9/h2-6,10H,7-8H2,1H3,(H,16,17)(H,18,19)(H2,14,15,20). The molecule has 0 aromatic heterocycles. The number of methoxy groups -OCH3 is 1. The summed E-state index contributed by atoms with van der Waals surface area (Å²) in [5.74, 6) is -1.83. The quantitative estimate of drug-likeness (QED) is 0.566. The average Bonchev–Trinajstić information content (AvgIpc) is 2.45. The van der Waals surface area contributed by atoms with Gasteiger partial charge in [-0.15, -0.1) is 0 Å². The van der Waals surface area contributed by atoms with E-state index in [9.17, 15) is 14.4 Å². The zero-order chi connectivity index (χ0) is 15.7. The first kappa shape index (κ1) is 16.4. The van der Waals surface area contributed by atoms with Gasteiger partial charge in [0, 0.05) is 12.8 Å². The van der Waals surface area contributed by atoms with Gasteiger partial charge < -0.3 is 25.8 Å². The summed E-state index contributed by atoms with van der Waals surface area (Å²) >= 11 is 0. The lowest BCUT2D eigenvalue weighted by Gasteiger charge is -2.14. The molecule has 0 aliphatic rings. The number of anilines is 1. The Hall–Kier alpha value is -2.61. The van der Waals surface area contributed by atoms with E-state index in [0.717, 1.165) is 0 Å². The third-order valence-corrected chi connectivity index (χ3v) is 2.41. The molecular weight excluding hydrogens is 278 g/mol. The number of nitrogens with one attached hydrogen (secondary N) is 3. The second-order valence-electron chi connectivity index (χ2n) is 4.09. The smallest absolute Gasteiger partial charge is 0.328 e.